The summed E-state index contributed by atoms with van der Waals surface area (Å²) in [6.07, 6.45) is 1.73. The van der Waals surface area contributed by atoms with E-state index in [2.05, 4.69) is 16.7 Å². The molecule has 164 valence electrons. The Bertz CT molecular complexity index is 1500. The number of rotatable bonds is 5. The summed E-state index contributed by atoms with van der Waals surface area (Å²) in [6, 6.07) is 20.3. The minimum absolute atomic E-state index is 0.0530. The molecule has 0 spiro atoms. The van der Waals surface area contributed by atoms with Crippen molar-refractivity contribution in [1.82, 2.24) is 0 Å². The molecule has 6 heteroatoms. The number of furan rings is 2. The molecule has 0 atom stereocenters. The molecule has 5 aromatic rings. The number of amides is 2. The maximum Gasteiger partial charge on any atom is 0.293 e. The fourth-order valence-corrected chi connectivity index (χ4v) is 4.15. The van der Waals surface area contributed by atoms with Crippen LogP contribution in [0.4, 0.5) is 11.4 Å². The van der Waals surface area contributed by atoms with Crippen molar-refractivity contribution in [3.63, 3.8) is 0 Å². The van der Waals surface area contributed by atoms with Crippen LogP contribution in [0.25, 0.3) is 21.9 Å². The molecule has 0 aliphatic rings. The van der Waals surface area contributed by atoms with Crippen molar-refractivity contribution < 1.29 is 18.4 Å². The molecule has 0 radical (unpaired) electrons. The smallest absolute Gasteiger partial charge is 0.293 e. The van der Waals surface area contributed by atoms with E-state index in [4.69, 9.17) is 8.83 Å². The average Bonchev–Trinajstić information content (AvgIpc) is 3.36. The molecule has 0 saturated heterocycles. The fourth-order valence-electron chi connectivity index (χ4n) is 4.15. The molecule has 2 heterocycles. The SMILES string of the molecule is Cc1cc(C)c2c(CC(=O)Nc3c(C(=O)Nc4ccccc4)oc4ccccc34)coc2c1. The van der Waals surface area contributed by atoms with Gasteiger partial charge in [0, 0.05) is 22.0 Å². The molecular formula is C27H22N2O4. The highest BCUT2D eigenvalue weighted by Gasteiger charge is 2.23. The zero-order valence-electron chi connectivity index (χ0n) is 18.3. The lowest BCUT2D eigenvalue weighted by Gasteiger charge is -2.07. The van der Waals surface area contributed by atoms with Gasteiger partial charge in [-0.2, -0.15) is 0 Å². The van der Waals surface area contributed by atoms with E-state index in [0.717, 1.165) is 27.7 Å². The maximum absolute atomic E-state index is 13.1. The van der Waals surface area contributed by atoms with Crippen LogP contribution >= 0.6 is 0 Å². The van der Waals surface area contributed by atoms with Crippen LogP contribution in [-0.2, 0) is 11.2 Å². The fraction of sp³-hybridized carbons (Fsp3) is 0.111. The standard InChI is InChI=1S/C27H22N2O4/c1-16-12-17(2)24-18(15-32-22(24)13-16)14-23(30)29-25-20-10-6-7-11-21(20)33-26(25)27(31)28-19-8-4-3-5-9-19/h3-13,15H,14H2,1-2H3,(H,28,31)(H,29,30). The second-order valence-corrected chi connectivity index (χ2v) is 8.06. The van der Waals surface area contributed by atoms with Crippen LogP contribution in [0.2, 0.25) is 0 Å². The molecule has 2 amide bonds. The van der Waals surface area contributed by atoms with E-state index >= 15 is 0 Å². The third-order valence-electron chi connectivity index (χ3n) is 5.54. The molecule has 33 heavy (non-hydrogen) atoms. The Balaban J connectivity index is 1.45. The van der Waals surface area contributed by atoms with Gasteiger partial charge in [0.15, 0.2) is 0 Å². The third kappa shape index (κ3) is 3.99. The van der Waals surface area contributed by atoms with Crippen LogP contribution in [0.1, 0.15) is 27.2 Å². The number of anilines is 2. The maximum atomic E-state index is 13.1. The zero-order chi connectivity index (χ0) is 22.9. The first-order valence-electron chi connectivity index (χ1n) is 10.6. The Morgan fingerprint density at radius 2 is 1.64 bits per heavy atom. The molecule has 6 nitrogen and oxygen atoms in total. The minimum atomic E-state index is -0.437. The van der Waals surface area contributed by atoms with Crippen molar-refractivity contribution in [3.8, 4) is 0 Å². The van der Waals surface area contributed by atoms with E-state index in [1.807, 2.05) is 56.3 Å². The highest BCUT2D eigenvalue weighted by atomic mass is 16.3. The number of hydrogen-bond donors (Lipinski definition) is 2. The molecular weight excluding hydrogens is 416 g/mol. The molecule has 3 aromatic carbocycles. The molecule has 0 bridgehead atoms. The molecule has 0 aliphatic heterocycles. The minimum Gasteiger partial charge on any atom is -0.464 e. The first-order chi connectivity index (χ1) is 16.0. The lowest BCUT2D eigenvalue weighted by atomic mass is 10.0. The summed E-state index contributed by atoms with van der Waals surface area (Å²) in [4.78, 5) is 26.0. The monoisotopic (exact) mass is 438 g/mol. The summed E-state index contributed by atoms with van der Waals surface area (Å²) in [6.45, 7) is 4.01. The second kappa shape index (κ2) is 8.31. The Kier molecular flexibility index (Phi) is 5.18. The van der Waals surface area contributed by atoms with E-state index < -0.39 is 5.91 Å². The summed E-state index contributed by atoms with van der Waals surface area (Å²) in [5.74, 6) is -0.650. The van der Waals surface area contributed by atoms with Crippen molar-refractivity contribution >= 4 is 45.1 Å². The van der Waals surface area contributed by atoms with Gasteiger partial charge in [-0.05, 0) is 55.3 Å². The topological polar surface area (TPSA) is 84.5 Å². The predicted molar refractivity (Wildman–Crippen MR) is 129 cm³/mol. The summed E-state index contributed by atoms with van der Waals surface area (Å²) in [7, 11) is 0. The Morgan fingerprint density at radius 3 is 2.45 bits per heavy atom. The first-order valence-corrected chi connectivity index (χ1v) is 10.6. The van der Waals surface area contributed by atoms with E-state index in [9.17, 15) is 9.59 Å². The van der Waals surface area contributed by atoms with Crippen LogP contribution in [-0.4, -0.2) is 11.8 Å². The van der Waals surface area contributed by atoms with Gasteiger partial charge < -0.3 is 19.5 Å². The Labute approximate surface area is 190 Å². The average molecular weight is 438 g/mol. The van der Waals surface area contributed by atoms with Gasteiger partial charge in [0.1, 0.15) is 16.9 Å². The van der Waals surface area contributed by atoms with Crippen LogP contribution in [0, 0.1) is 13.8 Å². The summed E-state index contributed by atoms with van der Waals surface area (Å²) in [5.41, 5.74) is 5.21. The number of carbonyl (C=O) groups excluding carboxylic acids is 2. The van der Waals surface area contributed by atoms with Crippen molar-refractivity contribution in [2.45, 2.75) is 20.3 Å². The van der Waals surface area contributed by atoms with Crippen molar-refractivity contribution in [2.75, 3.05) is 10.6 Å². The van der Waals surface area contributed by atoms with E-state index in [0.29, 0.717) is 22.3 Å². The molecule has 5 rings (SSSR count). The number of carbonyl (C=O) groups is 2. The van der Waals surface area contributed by atoms with Crippen LogP contribution in [0.3, 0.4) is 0 Å². The number of nitrogens with one attached hydrogen (secondary N) is 2. The van der Waals surface area contributed by atoms with Crippen molar-refractivity contribution in [1.29, 1.82) is 0 Å². The quantitative estimate of drug-likeness (QED) is 0.341. The molecule has 2 N–H and O–H groups in total. The highest BCUT2D eigenvalue weighted by Crippen LogP contribution is 2.32. The summed E-state index contributed by atoms with van der Waals surface area (Å²) in [5, 5.41) is 7.31. The Hall–Kier alpha value is -4.32. The molecule has 0 aliphatic carbocycles. The Morgan fingerprint density at radius 1 is 0.879 bits per heavy atom. The van der Waals surface area contributed by atoms with Crippen molar-refractivity contribution in [2.24, 2.45) is 0 Å². The molecule has 0 saturated carbocycles. The number of benzene rings is 3. The zero-order valence-corrected chi connectivity index (χ0v) is 18.3. The van der Waals surface area contributed by atoms with Crippen molar-refractivity contribution in [3.05, 3.63) is 95.4 Å². The van der Waals surface area contributed by atoms with Gasteiger partial charge in [-0.15, -0.1) is 0 Å². The number of para-hydroxylation sites is 2. The number of fused-ring (bicyclic) bond motifs is 2. The van der Waals surface area contributed by atoms with Gasteiger partial charge in [0.25, 0.3) is 5.91 Å². The van der Waals surface area contributed by atoms with E-state index in [-0.39, 0.29) is 18.1 Å². The second-order valence-electron chi connectivity index (χ2n) is 8.06. The lowest BCUT2D eigenvalue weighted by molar-refractivity contribution is -0.115. The van der Waals surface area contributed by atoms with Gasteiger partial charge in [-0.1, -0.05) is 36.4 Å². The van der Waals surface area contributed by atoms with Gasteiger partial charge in [-0.25, -0.2) is 0 Å². The first kappa shape index (κ1) is 20.6. The van der Waals surface area contributed by atoms with Gasteiger partial charge in [-0.3, -0.25) is 9.59 Å². The molecule has 0 fully saturated rings. The predicted octanol–water partition coefficient (Wildman–Crippen LogP) is 6.23. The van der Waals surface area contributed by atoms with Gasteiger partial charge >= 0.3 is 0 Å². The summed E-state index contributed by atoms with van der Waals surface area (Å²) < 4.78 is 11.5. The van der Waals surface area contributed by atoms with E-state index in [1.165, 1.54) is 0 Å². The van der Waals surface area contributed by atoms with Gasteiger partial charge in [0.2, 0.25) is 11.7 Å². The largest absolute Gasteiger partial charge is 0.464 e. The van der Waals surface area contributed by atoms with Crippen LogP contribution < -0.4 is 10.6 Å². The molecule has 2 aromatic heterocycles. The number of aryl methyl sites for hydroxylation is 2. The van der Waals surface area contributed by atoms with E-state index in [1.54, 1.807) is 24.5 Å². The third-order valence-corrected chi connectivity index (χ3v) is 5.54. The van der Waals surface area contributed by atoms with Crippen LogP contribution in [0.15, 0.2) is 81.8 Å². The van der Waals surface area contributed by atoms with Crippen LogP contribution in [0.5, 0.6) is 0 Å². The highest BCUT2D eigenvalue weighted by molar-refractivity contribution is 6.14. The number of hydrogen-bond acceptors (Lipinski definition) is 4. The summed E-state index contributed by atoms with van der Waals surface area (Å²) >= 11 is 0. The lowest BCUT2D eigenvalue weighted by Crippen LogP contribution is -2.18. The normalized spacial score (nSPS) is 11.1. The molecule has 0 unspecified atom stereocenters. The van der Waals surface area contributed by atoms with Gasteiger partial charge in [0.05, 0.1) is 12.7 Å².